The third kappa shape index (κ3) is 4.43. The molecule has 0 radical (unpaired) electrons. The van der Waals surface area contributed by atoms with Crippen LogP contribution >= 0.6 is 0 Å². The Morgan fingerprint density at radius 1 is 1.06 bits per heavy atom. The first kappa shape index (κ1) is 21.0. The highest BCUT2D eigenvalue weighted by atomic mass is 16.5. The van der Waals surface area contributed by atoms with Gasteiger partial charge in [-0.1, -0.05) is 23.4 Å². The van der Waals surface area contributed by atoms with Crippen molar-refractivity contribution in [1.29, 1.82) is 0 Å². The van der Waals surface area contributed by atoms with Crippen LogP contribution in [-0.2, 0) is 6.54 Å². The van der Waals surface area contributed by atoms with Crippen LogP contribution in [0.1, 0.15) is 18.5 Å². The smallest absolute Gasteiger partial charge is 0.213 e. The Morgan fingerprint density at radius 3 is 2.97 bits per heavy atom. The number of aromatic amines is 1. The summed E-state index contributed by atoms with van der Waals surface area (Å²) < 4.78 is 11.6. The lowest BCUT2D eigenvalue weighted by atomic mass is 9.91. The van der Waals surface area contributed by atoms with Crippen LogP contribution in [0.3, 0.4) is 0 Å². The number of pyridine rings is 1. The van der Waals surface area contributed by atoms with Crippen molar-refractivity contribution in [3.05, 3.63) is 60.4 Å². The predicted molar refractivity (Wildman–Crippen MR) is 130 cm³/mol. The lowest BCUT2D eigenvalue weighted by molar-refractivity contribution is 0.0716. The molecule has 176 valence electrons. The summed E-state index contributed by atoms with van der Waals surface area (Å²) in [5.74, 6) is 2.99. The Bertz CT molecular complexity index is 1220. The number of benzene rings is 1. The Balaban J connectivity index is 1.01. The molecular weight excluding hydrogens is 430 g/mol. The number of nitrogens with zero attached hydrogens (tertiary/aromatic N) is 5. The molecule has 9 heteroatoms. The van der Waals surface area contributed by atoms with Gasteiger partial charge in [0.25, 0.3) is 0 Å². The second-order valence-corrected chi connectivity index (χ2v) is 9.13. The molecule has 0 unspecified atom stereocenters. The zero-order valence-corrected chi connectivity index (χ0v) is 19.1. The van der Waals surface area contributed by atoms with Crippen molar-refractivity contribution in [2.24, 2.45) is 5.92 Å². The van der Waals surface area contributed by atoms with Gasteiger partial charge in [0.1, 0.15) is 5.82 Å². The van der Waals surface area contributed by atoms with Crippen LogP contribution in [-0.4, -0.2) is 64.1 Å². The van der Waals surface area contributed by atoms with E-state index in [4.69, 9.17) is 9.26 Å². The summed E-state index contributed by atoms with van der Waals surface area (Å²) in [4.78, 5) is 9.65. The predicted octanol–water partition coefficient (Wildman–Crippen LogP) is 3.54. The van der Waals surface area contributed by atoms with E-state index in [2.05, 4.69) is 41.5 Å². The van der Waals surface area contributed by atoms with E-state index in [0.717, 1.165) is 60.9 Å². The highest BCUT2D eigenvalue weighted by molar-refractivity contribution is 5.88. The van der Waals surface area contributed by atoms with Crippen LogP contribution < -0.4 is 15.0 Å². The van der Waals surface area contributed by atoms with Crippen LogP contribution in [0.4, 0.5) is 11.6 Å². The van der Waals surface area contributed by atoms with Gasteiger partial charge in [0, 0.05) is 50.4 Å². The molecule has 2 N–H and O–H groups in total. The van der Waals surface area contributed by atoms with E-state index in [-0.39, 0.29) is 0 Å². The molecule has 0 saturated carbocycles. The summed E-state index contributed by atoms with van der Waals surface area (Å²) in [5.41, 5.74) is 1.79. The Morgan fingerprint density at radius 2 is 2.03 bits per heavy atom. The number of aromatic nitrogens is 4. The molecule has 0 bridgehead atoms. The average Bonchev–Trinajstić information content (AvgIpc) is 3.56. The first-order valence-electron chi connectivity index (χ1n) is 12.0. The topological polar surface area (TPSA) is 95.3 Å². The van der Waals surface area contributed by atoms with Gasteiger partial charge in [0.2, 0.25) is 5.88 Å². The lowest BCUT2D eigenvalue weighted by Crippen LogP contribution is -2.57. The number of H-pyrrole nitrogens is 1. The third-order valence-corrected chi connectivity index (χ3v) is 6.86. The van der Waals surface area contributed by atoms with Gasteiger partial charge < -0.3 is 19.5 Å². The normalized spacial score (nSPS) is 20.9. The summed E-state index contributed by atoms with van der Waals surface area (Å²) in [6.07, 6.45) is 4.12. The molecule has 2 fully saturated rings. The van der Waals surface area contributed by atoms with Crippen LogP contribution in [0, 0.1) is 5.92 Å². The molecule has 0 amide bonds. The van der Waals surface area contributed by atoms with Crippen molar-refractivity contribution < 1.29 is 9.26 Å². The minimum absolute atomic E-state index is 0.517. The van der Waals surface area contributed by atoms with Crippen molar-refractivity contribution in [2.45, 2.75) is 25.4 Å². The number of anilines is 2. The number of piperidine rings is 1. The number of para-hydroxylation sites is 1. The van der Waals surface area contributed by atoms with Crippen molar-refractivity contribution in [3.8, 4) is 5.88 Å². The number of nitrogens with one attached hydrogen (secondary N) is 2. The SMILES string of the molecule is c1cc(CNc2cc[nH]n2)nc(OC[C@@H]2CC[C@H]3CN(c4noc5ccccc45)CCN3C2)c1. The molecule has 1 aromatic carbocycles. The first-order chi connectivity index (χ1) is 16.8. The Labute approximate surface area is 198 Å². The maximum Gasteiger partial charge on any atom is 0.213 e. The van der Waals surface area contributed by atoms with Crippen LogP contribution in [0.15, 0.2) is 59.3 Å². The quantitative estimate of drug-likeness (QED) is 0.433. The molecule has 2 atom stereocenters. The van der Waals surface area contributed by atoms with Crippen molar-refractivity contribution in [2.75, 3.05) is 43.0 Å². The third-order valence-electron chi connectivity index (χ3n) is 6.86. The molecule has 2 aliphatic heterocycles. The van der Waals surface area contributed by atoms with Crippen LogP contribution in [0.25, 0.3) is 11.0 Å². The van der Waals surface area contributed by atoms with Crippen LogP contribution in [0.5, 0.6) is 5.88 Å². The maximum atomic E-state index is 6.11. The number of rotatable bonds is 7. The first-order valence-corrected chi connectivity index (χ1v) is 12.0. The minimum Gasteiger partial charge on any atom is -0.477 e. The second-order valence-electron chi connectivity index (χ2n) is 9.13. The summed E-state index contributed by atoms with van der Waals surface area (Å²) >= 11 is 0. The fraction of sp³-hybridized carbons (Fsp3) is 0.400. The summed E-state index contributed by atoms with van der Waals surface area (Å²) in [6, 6.07) is 16.5. The van der Waals surface area contributed by atoms with Crippen molar-refractivity contribution >= 4 is 22.6 Å². The monoisotopic (exact) mass is 459 g/mol. The molecule has 9 nitrogen and oxygen atoms in total. The van der Waals surface area contributed by atoms with Gasteiger partial charge in [0.05, 0.1) is 24.2 Å². The van der Waals surface area contributed by atoms with E-state index in [1.165, 1.54) is 6.42 Å². The number of piperazine rings is 1. The van der Waals surface area contributed by atoms with Gasteiger partial charge in [-0.05, 0) is 37.1 Å². The van der Waals surface area contributed by atoms with Crippen LogP contribution in [0.2, 0.25) is 0 Å². The molecule has 3 aromatic heterocycles. The summed E-state index contributed by atoms with van der Waals surface area (Å²) in [5, 5.41) is 15.6. The molecule has 0 aliphatic carbocycles. The van der Waals surface area contributed by atoms with Gasteiger partial charge >= 0.3 is 0 Å². The van der Waals surface area contributed by atoms with Gasteiger partial charge in [-0.25, -0.2) is 4.98 Å². The maximum absolute atomic E-state index is 6.11. The van der Waals surface area contributed by atoms with E-state index in [1.807, 2.05) is 42.5 Å². The Hall–Kier alpha value is -3.59. The van der Waals surface area contributed by atoms with Gasteiger partial charge in [-0.15, -0.1) is 0 Å². The largest absolute Gasteiger partial charge is 0.477 e. The molecule has 2 saturated heterocycles. The van der Waals surface area contributed by atoms with Gasteiger partial charge in [-0.2, -0.15) is 5.10 Å². The lowest BCUT2D eigenvalue weighted by Gasteiger charge is -2.46. The fourth-order valence-corrected chi connectivity index (χ4v) is 5.07. The van der Waals surface area contributed by atoms with Crippen molar-refractivity contribution in [1.82, 2.24) is 25.2 Å². The molecule has 34 heavy (non-hydrogen) atoms. The molecule has 6 rings (SSSR count). The molecule has 0 spiro atoms. The highest BCUT2D eigenvalue weighted by Gasteiger charge is 2.34. The summed E-state index contributed by atoms with van der Waals surface area (Å²) in [6.45, 7) is 5.37. The second kappa shape index (κ2) is 9.34. The highest BCUT2D eigenvalue weighted by Crippen LogP contribution is 2.31. The number of fused-ring (bicyclic) bond motifs is 2. The fourth-order valence-electron chi connectivity index (χ4n) is 5.07. The zero-order valence-electron chi connectivity index (χ0n) is 19.1. The van der Waals surface area contributed by atoms with E-state index in [1.54, 1.807) is 6.20 Å². The van der Waals surface area contributed by atoms with Crippen molar-refractivity contribution in [3.63, 3.8) is 0 Å². The molecule has 5 heterocycles. The summed E-state index contributed by atoms with van der Waals surface area (Å²) in [7, 11) is 0. The van der Waals surface area contributed by atoms with E-state index in [9.17, 15) is 0 Å². The van der Waals surface area contributed by atoms with Gasteiger partial charge in [0.15, 0.2) is 11.4 Å². The zero-order chi connectivity index (χ0) is 22.7. The molecule has 4 aromatic rings. The van der Waals surface area contributed by atoms with Gasteiger partial charge in [-0.3, -0.25) is 10.00 Å². The van der Waals surface area contributed by atoms with E-state index < -0.39 is 0 Å². The molecule has 2 aliphatic rings. The average molecular weight is 460 g/mol. The standard InChI is InChI=1S/C25H29N7O2/c1-2-6-22-21(5-1)25(30-34-22)32-13-12-31-15-18(8-9-20(31)16-32)17-33-24-7-3-4-19(28-24)14-26-23-10-11-27-29-23/h1-7,10-11,18,20H,8-9,12-17H2,(H2,26,27,29)/t18-,20+/m1/s1. The number of hydrogen-bond donors (Lipinski definition) is 2. The molecular formula is C25H29N7O2. The number of ether oxygens (including phenoxy) is 1. The van der Waals surface area contributed by atoms with E-state index >= 15 is 0 Å². The minimum atomic E-state index is 0.517. The van der Waals surface area contributed by atoms with E-state index in [0.29, 0.717) is 31.0 Å². The Kier molecular flexibility index (Phi) is 5.76. The number of hydrogen-bond acceptors (Lipinski definition) is 8.